The van der Waals surface area contributed by atoms with E-state index in [0.717, 1.165) is 23.3 Å². The van der Waals surface area contributed by atoms with E-state index in [-0.39, 0.29) is 11.8 Å². The van der Waals surface area contributed by atoms with Crippen LogP contribution in [0.3, 0.4) is 0 Å². The summed E-state index contributed by atoms with van der Waals surface area (Å²) in [4.78, 5) is 21.8. The van der Waals surface area contributed by atoms with Gasteiger partial charge >= 0.3 is 6.18 Å². The summed E-state index contributed by atoms with van der Waals surface area (Å²) in [6, 6.07) is 13.4. The van der Waals surface area contributed by atoms with Crippen molar-refractivity contribution in [1.29, 1.82) is 0 Å². The Hall–Kier alpha value is -3.49. The fraction of sp³-hybridized carbons (Fsp3) is 0.385. The smallest absolute Gasteiger partial charge is 0.416 e. The van der Waals surface area contributed by atoms with E-state index < -0.39 is 11.7 Å². The molecule has 1 amide bonds. The number of para-hydroxylation sites is 2. The third-order valence-electron chi connectivity index (χ3n) is 6.89. The van der Waals surface area contributed by atoms with Gasteiger partial charge in [0.05, 0.1) is 18.4 Å². The van der Waals surface area contributed by atoms with Gasteiger partial charge in [-0.3, -0.25) is 4.79 Å². The van der Waals surface area contributed by atoms with Crippen LogP contribution in [-0.4, -0.2) is 53.6 Å². The second-order valence-corrected chi connectivity index (χ2v) is 9.00. The maximum atomic E-state index is 13.2. The minimum absolute atomic E-state index is 0.0497. The summed E-state index contributed by atoms with van der Waals surface area (Å²) >= 11 is 0. The van der Waals surface area contributed by atoms with E-state index in [1.165, 1.54) is 12.1 Å². The summed E-state index contributed by atoms with van der Waals surface area (Å²) in [5.74, 6) is 1.46. The van der Waals surface area contributed by atoms with Gasteiger partial charge in [0.15, 0.2) is 0 Å². The lowest BCUT2D eigenvalue weighted by atomic mass is 9.90. The van der Waals surface area contributed by atoms with Crippen LogP contribution in [0.5, 0.6) is 5.75 Å². The summed E-state index contributed by atoms with van der Waals surface area (Å²) < 4.78 is 46.8. The zero-order valence-electron chi connectivity index (χ0n) is 19.5. The number of nitrogens with zero attached hydrogens (tertiary/aromatic N) is 4. The first kappa shape index (κ1) is 23.3. The Bertz CT molecular complexity index is 1220. The number of aryl methyl sites for hydroxylation is 1. The Balaban J connectivity index is 1.25. The van der Waals surface area contributed by atoms with Crippen LogP contribution in [0.1, 0.15) is 39.8 Å². The highest BCUT2D eigenvalue weighted by atomic mass is 19.4. The van der Waals surface area contributed by atoms with Crippen LogP contribution in [0.25, 0.3) is 0 Å². The molecule has 1 unspecified atom stereocenters. The molecule has 2 aliphatic rings. The van der Waals surface area contributed by atoms with Gasteiger partial charge in [0.1, 0.15) is 17.3 Å². The number of carbonyl (C=O) groups is 1. The molecule has 1 atom stereocenters. The molecular formula is C26H27F3N4O2. The van der Waals surface area contributed by atoms with E-state index in [1.807, 2.05) is 33.7 Å². The van der Waals surface area contributed by atoms with Crippen molar-refractivity contribution in [2.24, 2.45) is 0 Å². The number of methoxy groups -OCH3 is 1. The number of carbonyl (C=O) groups excluding carboxylic acids is 1. The molecule has 0 saturated carbocycles. The van der Waals surface area contributed by atoms with Gasteiger partial charge in [0, 0.05) is 51.3 Å². The Kier molecular flexibility index (Phi) is 6.17. The highest BCUT2D eigenvalue weighted by Crippen LogP contribution is 2.34. The Morgan fingerprint density at radius 1 is 1.06 bits per heavy atom. The van der Waals surface area contributed by atoms with Crippen LogP contribution in [-0.2, 0) is 19.1 Å². The molecule has 1 saturated heterocycles. The van der Waals surface area contributed by atoms with E-state index in [9.17, 15) is 18.0 Å². The van der Waals surface area contributed by atoms with Crippen LogP contribution in [0.4, 0.5) is 18.9 Å². The number of hydrogen-bond donors (Lipinski definition) is 0. The predicted octanol–water partition coefficient (Wildman–Crippen LogP) is 4.60. The maximum Gasteiger partial charge on any atom is 0.416 e. The summed E-state index contributed by atoms with van der Waals surface area (Å²) in [5.41, 5.74) is 1.45. The summed E-state index contributed by atoms with van der Waals surface area (Å²) in [5, 5.41) is 0. The number of amides is 1. The van der Waals surface area contributed by atoms with Crippen LogP contribution >= 0.6 is 0 Å². The average Bonchev–Trinajstić information content (AvgIpc) is 3.31. The van der Waals surface area contributed by atoms with Crippen LogP contribution < -0.4 is 9.64 Å². The number of aromatic nitrogens is 2. The average molecular weight is 485 g/mol. The third-order valence-corrected chi connectivity index (χ3v) is 6.89. The lowest BCUT2D eigenvalue weighted by Crippen LogP contribution is -2.49. The van der Waals surface area contributed by atoms with Crippen molar-refractivity contribution < 1.29 is 22.7 Å². The Morgan fingerprint density at radius 3 is 2.57 bits per heavy atom. The Morgan fingerprint density at radius 2 is 1.83 bits per heavy atom. The normalized spacial score (nSPS) is 18.3. The molecule has 3 heterocycles. The van der Waals surface area contributed by atoms with Crippen molar-refractivity contribution >= 4 is 11.6 Å². The molecule has 6 nitrogen and oxygen atoms in total. The van der Waals surface area contributed by atoms with Gasteiger partial charge < -0.3 is 19.1 Å². The zero-order valence-corrected chi connectivity index (χ0v) is 19.5. The molecule has 0 radical (unpaired) electrons. The molecule has 0 bridgehead atoms. The highest BCUT2D eigenvalue weighted by Gasteiger charge is 2.32. The van der Waals surface area contributed by atoms with Crippen molar-refractivity contribution in [3.63, 3.8) is 0 Å². The monoisotopic (exact) mass is 484 g/mol. The van der Waals surface area contributed by atoms with Crippen molar-refractivity contribution in [2.45, 2.75) is 31.5 Å². The Labute approximate surface area is 201 Å². The lowest BCUT2D eigenvalue weighted by Gasteiger charge is -2.36. The van der Waals surface area contributed by atoms with Gasteiger partial charge in [-0.2, -0.15) is 13.2 Å². The molecule has 3 aromatic rings. The minimum atomic E-state index is -4.36. The van der Waals surface area contributed by atoms with Gasteiger partial charge in [-0.05, 0) is 30.2 Å². The van der Waals surface area contributed by atoms with Gasteiger partial charge in [-0.25, -0.2) is 4.98 Å². The lowest BCUT2D eigenvalue weighted by molar-refractivity contribution is -0.137. The molecule has 0 spiro atoms. The molecular weight excluding hydrogens is 457 g/mol. The van der Waals surface area contributed by atoms with E-state index in [4.69, 9.17) is 4.74 Å². The minimum Gasteiger partial charge on any atom is -0.495 e. The van der Waals surface area contributed by atoms with Gasteiger partial charge in [0.2, 0.25) is 0 Å². The molecule has 184 valence electrons. The quantitative estimate of drug-likeness (QED) is 0.543. The fourth-order valence-corrected chi connectivity index (χ4v) is 4.99. The fourth-order valence-electron chi connectivity index (χ4n) is 4.99. The molecule has 9 heteroatoms. The molecule has 0 N–H and O–H groups in total. The van der Waals surface area contributed by atoms with Gasteiger partial charge in [-0.1, -0.05) is 30.3 Å². The number of anilines is 1. The molecule has 1 aromatic heterocycles. The van der Waals surface area contributed by atoms with Crippen molar-refractivity contribution in [3.8, 4) is 5.75 Å². The van der Waals surface area contributed by atoms with Crippen molar-refractivity contribution in [2.75, 3.05) is 38.2 Å². The molecule has 2 aliphatic heterocycles. The van der Waals surface area contributed by atoms with Crippen molar-refractivity contribution in [1.82, 2.24) is 14.5 Å². The van der Waals surface area contributed by atoms with E-state index >= 15 is 0 Å². The van der Waals surface area contributed by atoms with E-state index in [0.29, 0.717) is 56.8 Å². The number of rotatable bonds is 4. The SMILES string of the molecule is COc1ccccc1N1CCN(C(=O)c2cn3c(n2)CCC(c2cccc(C(F)(F)F)c2)C3)CC1. The standard InChI is InChI=1S/C26H27F3N4O2/c1-35-23-8-3-2-7-22(23)31-11-13-32(14-12-31)25(34)21-17-33-16-19(9-10-24(33)30-21)18-5-4-6-20(15-18)26(27,28)29/h2-8,15,17,19H,9-14,16H2,1H3. The highest BCUT2D eigenvalue weighted by molar-refractivity contribution is 5.92. The predicted molar refractivity (Wildman–Crippen MR) is 126 cm³/mol. The maximum absolute atomic E-state index is 13.2. The van der Waals surface area contributed by atoms with Gasteiger partial charge in [0.25, 0.3) is 5.91 Å². The second kappa shape index (κ2) is 9.28. The van der Waals surface area contributed by atoms with Gasteiger partial charge in [-0.15, -0.1) is 0 Å². The summed E-state index contributed by atoms with van der Waals surface area (Å²) in [7, 11) is 1.65. The molecule has 1 fully saturated rings. The van der Waals surface area contributed by atoms with Crippen LogP contribution in [0, 0.1) is 0 Å². The second-order valence-electron chi connectivity index (χ2n) is 9.00. The van der Waals surface area contributed by atoms with E-state index in [1.54, 1.807) is 19.4 Å². The first-order chi connectivity index (χ1) is 16.8. The zero-order chi connectivity index (χ0) is 24.6. The van der Waals surface area contributed by atoms with Crippen LogP contribution in [0.2, 0.25) is 0 Å². The molecule has 35 heavy (non-hydrogen) atoms. The molecule has 2 aromatic carbocycles. The summed E-state index contributed by atoms with van der Waals surface area (Å²) in [6.45, 7) is 3.05. The largest absolute Gasteiger partial charge is 0.495 e. The third kappa shape index (κ3) is 4.72. The number of benzene rings is 2. The molecule has 0 aliphatic carbocycles. The first-order valence-corrected chi connectivity index (χ1v) is 11.7. The number of hydrogen-bond acceptors (Lipinski definition) is 4. The number of alkyl halides is 3. The van der Waals surface area contributed by atoms with Crippen molar-refractivity contribution in [3.05, 3.63) is 77.4 Å². The number of piperazine rings is 1. The molecule has 5 rings (SSSR count). The number of halogens is 3. The van der Waals surface area contributed by atoms with Crippen LogP contribution in [0.15, 0.2) is 54.7 Å². The summed E-state index contributed by atoms with van der Waals surface area (Å²) in [6.07, 6.45) is -1.29. The number of ether oxygens (including phenoxy) is 1. The first-order valence-electron chi connectivity index (χ1n) is 11.7. The topological polar surface area (TPSA) is 50.6 Å². The number of fused-ring (bicyclic) bond motifs is 1. The van der Waals surface area contributed by atoms with E-state index in [2.05, 4.69) is 9.88 Å². The number of imidazole rings is 1.